The minimum atomic E-state index is 0.00352. The first-order valence-electron chi connectivity index (χ1n) is 8.18. The Morgan fingerprint density at radius 2 is 1.54 bits per heavy atom. The third kappa shape index (κ3) is 3.48. The second kappa shape index (κ2) is 7.46. The monoisotopic (exact) mass is 355 g/mol. The van der Waals surface area contributed by atoms with Crippen LogP contribution in [0.4, 0.5) is 17.3 Å². The molecule has 0 aliphatic heterocycles. The fourth-order valence-electron chi connectivity index (χ4n) is 2.75. The summed E-state index contributed by atoms with van der Waals surface area (Å²) in [5.41, 5.74) is 14.9. The molecule has 2 aromatic heterocycles. The molecule has 2 heterocycles. The fourth-order valence-corrected chi connectivity index (χ4v) is 2.75. The topological polar surface area (TPSA) is 147 Å². The molecule has 136 valence electrons. The van der Waals surface area contributed by atoms with Gasteiger partial charge in [-0.05, 0) is 19.1 Å². The Morgan fingerprint density at radius 3 is 2.15 bits per heavy atom. The van der Waals surface area contributed by atoms with E-state index in [-0.39, 0.29) is 24.8 Å². The molecule has 9 heteroatoms. The number of aliphatic hydroxyl groups excluding tert-OH is 2. The van der Waals surface area contributed by atoms with E-state index < -0.39 is 0 Å². The van der Waals surface area contributed by atoms with Gasteiger partial charge in [0.05, 0.1) is 13.2 Å². The van der Waals surface area contributed by atoms with E-state index in [0.717, 1.165) is 11.3 Å². The van der Waals surface area contributed by atoms with E-state index in [9.17, 15) is 0 Å². The minimum absolute atomic E-state index is 0.00352. The Kier molecular flexibility index (Phi) is 5.10. The number of nitrogen functional groups attached to an aromatic ring is 2. The van der Waals surface area contributed by atoms with Crippen LogP contribution in [0.3, 0.4) is 0 Å². The Hall–Kier alpha value is -3.04. The summed E-state index contributed by atoms with van der Waals surface area (Å²) in [6.45, 7) is 2.61. The van der Waals surface area contributed by atoms with Gasteiger partial charge in [-0.15, -0.1) is 0 Å². The van der Waals surface area contributed by atoms with Gasteiger partial charge < -0.3 is 26.6 Å². The molecule has 0 aliphatic carbocycles. The van der Waals surface area contributed by atoms with Crippen molar-refractivity contribution in [3.63, 3.8) is 0 Å². The number of aromatic nitrogens is 4. The van der Waals surface area contributed by atoms with Gasteiger partial charge in [-0.25, -0.2) is 19.9 Å². The summed E-state index contributed by atoms with van der Waals surface area (Å²) >= 11 is 0. The average molecular weight is 355 g/mol. The summed E-state index contributed by atoms with van der Waals surface area (Å²) in [5.74, 6) is 1.02. The summed E-state index contributed by atoms with van der Waals surface area (Å²) in [5, 5.41) is 18.3. The van der Waals surface area contributed by atoms with Gasteiger partial charge in [-0.3, -0.25) is 0 Å². The third-order valence-electron chi connectivity index (χ3n) is 3.94. The zero-order chi connectivity index (χ0) is 18.7. The van der Waals surface area contributed by atoms with Crippen molar-refractivity contribution in [1.29, 1.82) is 0 Å². The number of nitrogens with two attached hydrogens (primary N) is 2. The quantitative estimate of drug-likeness (QED) is 0.491. The van der Waals surface area contributed by atoms with Crippen molar-refractivity contribution in [1.82, 2.24) is 19.9 Å². The summed E-state index contributed by atoms with van der Waals surface area (Å²) in [4.78, 5) is 19.0. The van der Waals surface area contributed by atoms with Crippen LogP contribution in [0.15, 0.2) is 24.3 Å². The first-order valence-corrected chi connectivity index (χ1v) is 8.18. The van der Waals surface area contributed by atoms with Crippen molar-refractivity contribution in [3.05, 3.63) is 30.1 Å². The van der Waals surface area contributed by atoms with Crippen LogP contribution in [0.1, 0.15) is 5.82 Å². The first kappa shape index (κ1) is 17.8. The number of hydrogen-bond donors (Lipinski definition) is 4. The summed E-state index contributed by atoms with van der Waals surface area (Å²) < 4.78 is 0. The molecule has 0 bridgehead atoms. The van der Waals surface area contributed by atoms with Crippen LogP contribution in [-0.2, 0) is 0 Å². The Labute approximate surface area is 150 Å². The molecule has 9 nitrogen and oxygen atoms in total. The van der Waals surface area contributed by atoms with Gasteiger partial charge in [0.15, 0.2) is 22.8 Å². The molecule has 0 amide bonds. The molecule has 3 rings (SSSR count). The maximum atomic E-state index is 9.16. The van der Waals surface area contributed by atoms with Crippen LogP contribution in [0.2, 0.25) is 0 Å². The Bertz CT molecular complexity index is 909. The van der Waals surface area contributed by atoms with Crippen molar-refractivity contribution in [2.24, 2.45) is 0 Å². The van der Waals surface area contributed by atoms with Gasteiger partial charge >= 0.3 is 0 Å². The van der Waals surface area contributed by atoms with Crippen LogP contribution in [0.5, 0.6) is 0 Å². The van der Waals surface area contributed by atoms with E-state index in [0.29, 0.717) is 35.8 Å². The maximum absolute atomic E-state index is 9.16. The lowest BCUT2D eigenvalue weighted by atomic mass is 10.1. The SMILES string of the molecule is Cc1nc(N)c2nc(-c3ccc(N(CCO)CCO)cc3)c(N)nc2n1. The second-order valence-electron chi connectivity index (χ2n) is 5.77. The lowest BCUT2D eigenvalue weighted by Gasteiger charge is -2.23. The lowest BCUT2D eigenvalue weighted by Crippen LogP contribution is -2.29. The molecule has 0 saturated carbocycles. The van der Waals surface area contributed by atoms with Crippen LogP contribution < -0.4 is 16.4 Å². The van der Waals surface area contributed by atoms with E-state index in [1.807, 2.05) is 29.2 Å². The van der Waals surface area contributed by atoms with Crippen LogP contribution in [0.25, 0.3) is 22.4 Å². The number of benzene rings is 1. The first-order chi connectivity index (χ1) is 12.5. The van der Waals surface area contributed by atoms with Crippen molar-refractivity contribution in [2.45, 2.75) is 6.92 Å². The standard InChI is InChI=1S/C17H21N7O2/c1-10-20-16(19)14-17(21-10)23-15(18)13(22-14)11-2-4-12(5-3-11)24(6-8-25)7-9-26/h2-5,25-26H,6-9H2,1H3,(H4,18,19,20,21,23). The number of hydrogen-bond acceptors (Lipinski definition) is 9. The highest BCUT2D eigenvalue weighted by atomic mass is 16.3. The number of aryl methyl sites for hydroxylation is 1. The van der Waals surface area contributed by atoms with Gasteiger partial charge in [0.1, 0.15) is 11.5 Å². The highest BCUT2D eigenvalue weighted by molar-refractivity contribution is 5.86. The van der Waals surface area contributed by atoms with Crippen molar-refractivity contribution >= 4 is 28.5 Å². The Balaban J connectivity index is 2.00. The predicted molar refractivity (Wildman–Crippen MR) is 101 cm³/mol. The van der Waals surface area contributed by atoms with Crippen LogP contribution >= 0.6 is 0 Å². The van der Waals surface area contributed by atoms with Gasteiger partial charge in [-0.2, -0.15) is 0 Å². The molecule has 0 radical (unpaired) electrons. The van der Waals surface area contributed by atoms with E-state index in [1.165, 1.54) is 0 Å². The number of rotatable bonds is 6. The van der Waals surface area contributed by atoms with Gasteiger partial charge in [0.2, 0.25) is 0 Å². The maximum Gasteiger partial charge on any atom is 0.185 e. The van der Waals surface area contributed by atoms with E-state index in [1.54, 1.807) is 6.92 Å². The molecule has 6 N–H and O–H groups in total. The number of fused-ring (bicyclic) bond motifs is 1. The van der Waals surface area contributed by atoms with E-state index in [4.69, 9.17) is 21.7 Å². The van der Waals surface area contributed by atoms with Gasteiger partial charge in [0, 0.05) is 24.3 Å². The molecule has 26 heavy (non-hydrogen) atoms. The number of nitrogens with zero attached hydrogens (tertiary/aromatic N) is 5. The van der Waals surface area contributed by atoms with Crippen molar-refractivity contribution < 1.29 is 10.2 Å². The van der Waals surface area contributed by atoms with Crippen LogP contribution in [0, 0.1) is 6.92 Å². The van der Waals surface area contributed by atoms with Crippen molar-refractivity contribution in [3.8, 4) is 11.3 Å². The average Bonchev–Trinajstić information content (AvgIpc) is 2.61. The molecule has 3 aromatic rings. The van der Waals surface area contributed by atoms with Gasteiger partial charge in [0.25, 0.3) is 0 Å². The molecule has 0 unspecified atom stereocenters. The zero-order valence-corrected chi connectivity index (χ0v) is 14.4. The molecular formula is C17H21N7O2. The summed E-state index contributed by atoms with van der Waals surface area (Å²) in [7, 11) is 0. The fraction of sp³-hybridized carbons (Fsp3) is 0.294. The molecular weight excluding hydrogens is 334 g/mol. The lowest BCUT2D eigenvalue weighted by molar-refractivity contribution is 0.281. The highest BCUT2D eigenvalue weighted by Gasteiger charge is 2.13. The smallest absolute Gasteiger partial charge is 0.185 e. The number of aliphatic hydroxyl groups is 2. The zero-order valence-electron chi connectivity index (χ0n) is 14.4. The molecule has 1 aromatic carbocycles. The summed E-state index contributed by atoms with van der Waals surface area (Å²) in [6, 6.07) is 7.46. The molecule has 0 aliphatic rings. The summed E-state index contributed by atoms with van der Waals surface area (Å²) in [6.07, 6.45) is 0. The second-order valence-corrected chi connectivity index (χ2v) is 5.77. The van der Waals surface area contributed by atoms with E-state index in [2.05, 4.69) is 19.9 Å². The third-order valence-corrected chi connectivity index (χ3v) is 3.94. The highest BCUT2D eigenvalue weighted by Crippen LogP contribution is 2.28. The Morgan fingerprint density at radius 1 is 0.885 bits per heavy atom. The van der Waals surface area contributed by atoms with Crippen molar-refractivity contribution in [2.75, 3.05) is 42.7 Å². The molecule has 0 spiro atoms. The molecule has 0 saturated heterocycles. The predicted octanol–water partition coefficient (Wildman–Crippen LogP) is 0.351. The van der Waals surface area contributed by atoms with Crippen LogP contribution in [-0.4, -0.2) is 56.5 Å². The largest absolute Gasteiger partial charge is 0.395 e. The normalized spacial score (nSPS) is 11.0. The molecule has 0 atom stereocenters. The molecule has 0 fully saturated rings. The minimum Gasteiger partial charge on any atom is -0.395 e. The number of anilines is 3. The van der Waals surface area contributed by atoms with Gasteiger partial charge in [-0.1, -0.05) is 12.1 Å². The van der Waals surface area contributed by atoms with E-state index >= 15 is 0 Å².